The predicted octanol–water partition coefficient (Wildman–Crippen LogP) is 7.55. The molecule has 1 aromatic rings. The van der Waals surface area contributed by atoms with Gasteiger partial charge >= 0.3 is 28.3 Å². The molecule has 13 heteroatoms. The van der Waals surface area contributed by atoms with Gasteiger partial charge in [0, 0.05) is 23.0 Å². The summed E-state index contributed by atoms with van der Waals surface area (Å²) in [6.45, 7) is 1.86. The molecule has 0 spiro atoms. The van der Waals surface area contributed by atoms with E-state index < -0.39 is 34.6 Å². The van der Waals surface area contributed by atoms with Crippen molar-refractivity contribution in [3.8, 4) is 5.75 Å². The molecule has 4 aliphatic carbocycles. The van der Waals surface area contributed by atoms with Crippen LogP contribution >= 0.6 is 11.8 Å². The Hall–Kier alpha value is -1.63. The zero-order chi connectivity index (χ0) is 29.3. The SMILES string of the molecule is CC(C)(OC(=O)CCSc1ccc(OS(=O)(=O)F)cc1)C12CC3CC(CC(C3)C1)C2.CC(F)(F)C(F)(F)CF. The lowest BCUT2D eigenvalue weighted by Gasteiger charge is -2.61. The Labute approximate surface area is 229 Å². The third-order valence-electron chi connectivity index (χ3n) is 8.09. The molecule has 4 saturated carbocycles. The maximum Gasteiger partial charge on any atom is 0.488 e. The second-order valence-electron chi connectivity index (χ2n) is 11.5. The maximum absolute atomic E-state index is 12.6. The number of carbonyl (C=O) groups excluding carboxylic acids is 1. The smallest absolute Gasteiger partial charge is 0.459 e. The third-order valence-corrected chi connectivity index (χ3v) is 9.49. The fraction of sp³-hybridized carbons (Fsp3) is 0.731. The van der Waals surface area contributed by atoms with Gasteiger partial charge in [0.05, 0.1) is 6.42 Å². The van der Waals surface area contributed by atoms with E-state index >= 15 is 0 Å². The maximum atomic E-state index is 12.6. The van der Waals surface area contributed by atoms with Crippen molar-refractivity contribution in [2.45, 2.75) is 88.1 Å². The Morgan fingerprint density at radius 1 is 0.974 bits per heavy atom. The number of esters is 1. The largest absolute Gasteiger partial charge is 0.488 e. The Morgan fingerprint density at radius 2 is 1.46 bits per heavy atom. The van der Waals surface area contributed by atoms with Crippen LogP contribution in [0.25, 0.3) is 0 Å². The third kappa shape index (κ3) is 8.20. The van der Waals surface area contributed by atoms with Crippen molar-refractivity contribution >= 4 is 28.2 Å². The van der Waals surface area contributed by atoms with Gasteiger partial charge in [-0.3, -0.25) is 4.79 Å². The number of rotatable bonds is 10. The van der Waals surface area contributed by atoms with Crippen LogP contribution in [-0.2, 0) is 20.0 Å². The van der Waals surface area contributed by atoms with Crippen LogP contribution in [0.15, 0.2) is 29.2 Å². The second-order valence-corrected chi connectivity index (χ2v) is 13.6. The molecule has 222 valence electrons. The molecule has 0 unspecified atom stereocenters. The lowest BCUT2D eigenvalue weighted by molar-refractivity contribution is -0.204. The van der Waals surface area contributed by atoms with E-state index in [9.17, 15) is 39.1 Å². The van der Waals surface area contributed by atoms with Crippen molar-refractivity contribution in [1.29, 1.82) is 0 Å². The van der Waals surface area contributed by atoms with E-state index in [-0.39, 0.29) is 24.1 Å². The number of hydrogen-bond donors (Lipinski definition) is 0. The zero-order valence-electron chi connectivity index (χ0n) is 22.0. The summed E-state index contributed by atoms with van der Waals surface area (Å²) in [7, 11) is -5.02. The van der Waals surface area contributed by atoms with Crippen LogP contribution in [-0.4, -0.2) is 44.3 Å². The first-order valence-electron chi connectivity index (χ1n) is 12.8. The first-order chi connectivity index (χ1) is 17.8. The lowest BCUT2D eigenvalue weighted by atomic mass is 9.46. The van der Waals surface area contributed by atoms with Crippen LogP contribution in [0, 0.1) is 23.2 Å². The molecule has 4 bridgehead atoms. The van der Waals surface area contributed by atoms with Crippen LogP contribution in [0.5, 0.6) is 5.75 Å². The number of alkyl halides is 5. The van der Waals surface area contributed by atoms with Crippen molar-refractivity contribution in [2.75, 3.05) is 12.4 Å². The summed E-state index contributed by atoms with van der Waals surface area (Å²) in [5, 5.41) is 0. The Balaban J connectivity index is 0.000000403. The summed E-state index contributed by atoms with van der Waals surface area (Å²) in [6.07, 6.45) is 7.96. The summed E-state index contributed by atoms with van der Waals surface area (Å²) >= 11 is 1.46. The van der Waals surface area contributed by atoms with Crippen molar-refractivity contribution in [2.24, 2.45) is 23.2 Å². The molecule has 39 heavy (non-hydrogen) atoms. The van der Waals surface area contributed by atoms with Gasteiger partial charge in [0.2, 0.25) is 0 Å². The van der Waals surface area contributed by atoms with Crippen molar-refractivity contribution in [3.05, 3.63) is 24.3 Å². The van der Waals surface area contributed by atoms with Gasteiger partial charge in [-0.25, -0.2) is 13.2 Å². The number of halogens is 6. The molecular weight excluding hydrogens is 570 g/mol. The van der Waals surface area contributed by atoms with Gasteiger partial charge in [-0.2, -0.15) is 17.2 Å². The van der Waals surface area contributed by atoms with Gasteiger partial charge in [0.25, 0.3) is 0 Å². The van der Waals surface area contributed by atoms with Crippen molar-refractivity contribution in [1.82, 2.24) is 0 Å². The summed E-state index contributed by atoms with van der Waals surface area (Å²) in [5.74, 6) is -6.06. The Bertz CT molecular complexity index is 1070. The summed E-state index contributed by atoms with van der Waals surface area (Å²) in [5.41, 5.74) is -0.307. The average Bonchev–Trinajstić information content (AvgIpc) is 2.77. The Morgan fingerprint density at radius 3 is 1.85 bits per heavy atom. The van der Waals surface area contributed by atoms with Crippen LogP contribution in [0.1, 0.15) is 65.7 Å². The summed E-state index contributed by atoms with van der Waals surface area (Å²) in [4.78, 5) is 13.4. The van der Waals surface area contributed by atoms with E-state index in [2.05, 4.69) is 18.0 Å². The highest BCUT2D eigenvalue weighted by atomic mass is 32.3. The van der Waals surface area contributed by atoms with Crippen LogP contribution < -0.4 is 4.18 Å². The summed E-state index contributed by atoms with van der Waals surface area (Å²) < 4.78 is 101. The normalized spacial score (nSPS) is 26.5. The highest BCUT2D eigenvalue weighted by molar-refractivity contribution is 7.99. The van der Waals surface area contributed by atoms with Gasteiger partial charge < -0.3 is 8.92 Å². The first-order valence-corrected chi connectivity index (χ1v) is 15.0. The van der Waals surface area contributed by atoms with Gasteiger partial charge in [0.1, 0.15) is 11.4 Å². The number of hydrogen-bond acceptors (Lipinski definition) is 6. The van der Waals surface area contributed by atoms with Crippen LogP contribution in [0.3, 0.4) is 0 Å². The van der Waals surface area contributed by atoms with Crippen molar-refractivity contribution in [3.63, 3.8) is 0 Å². The van der Waals surface area contributed by atoms with Gasteiger partial charge in [0.15, 0.2) is 6.67 Å². The van der Waals surface area contributed by atoms with E-state index in [1.165, 1.54) is 62.4 Å². The van der Waals surface area contributed by atoms with Gasteiger partial charge in [-0.1, -0.05) is 3.89 Å². The second kappa shape index (κ2) is 11.7. The topological polar surface area (TPSA) is 69.7 Å². The fourth-order valence-electron chi connectivity index (χ4n) is 6.37. The zero-order valence-corrected chi connectivity index (χ0v) is 23.7. The molecule has 0 atom stereocenters. The predicted molar refractivity (Wildman–Crippen MR) is 135 cm³/mol. The van der Waals surface area contributed by atoms with Gasteiger partial charge in [-0.05, 0) is 94.4 Å². The van der Waals surface area contributed by atoms with E-state index in [4.69, 9.17) is 4.74 Å². The number of benzene rings is 1. The number of ether oxygens (including phenoxy) is 1. The molecule has 5 rings (SSSR count). The van der Waals surface area contributed by atoms with E-state index in [0.29, 0.717) is 12.2 Å². The minimum Gasteiger partial charge on any atom is -0.459 e. The molecule has 0 aliphatic heterocycles. The first kappa shape index (κ1) is 31.9. The standard InChI is InChI=1S/C22H29FO5S2.C4H5F5/c1-21(2,22-12-15-9-16(13-22)11-17(10-15)14-22)27-20(24)7-8-29-19-5-3-18(4-6-19)28-30(23,25)26;1-3(6,7)4(8,9)2-5/h3-6,15-17H,7-14H2,1-2H3;2H2,1H3. The minimum absolute atomic E-state index is 0.0213. The highest BCUT2D eigenvalue weighted by Gasteiger charge is 2.58. The monoisotopic (exact) mass is 604 g/mol. The minimum atomic E-state index is -5.02. The molecule has 0 radical (unpaired) electrons. The number of carbonyl (C=O) groups is 1. The molecule has 4 aliphatic rings. The molecule has 0 N–H and O–H groups in total. The van der Waals surface area contributed by atoms with E-state index in [1.807, 2.05) is 0 Å². The number of thioether (sulfide) groups is 1. The quantitative estimate of drug-likeness (QED) is 0.119. The lowest BCUT2D eigenvalue weighted by Crippen LogP contribution is -2.57. The fourth-order valence-corrected chi connectivity index (χ4v) is 7.54. The van der Waals surface area contributed by atoms with E-state index in [0.717, 1.165) is 22.6 Å². The molecular formula is C26H34F6O5S2. The van der Waals surface area contributed by atoms with Crippen LogP contribution in [0.2, 0.25) is 0 Å². The molecule has 0 amide bonds. The van der Waals surface area contributed by atoms with Gasteiger partial charge in [-0.15, -0.1) is 11.8 Å². The highest BCUT2D eigenvalue weighted by Crippen LogP contribution is 2.64. The molecule has 0 aromatic heterocycles. The molecule has 0 saturated heterocycles. The average molecular weight is 605 g/mol. The molecule has 5 nitrogen and oxygen atoms in total. The summed E-state index contributed by atoms with van der Waals surface area (Å²) in [6, 6.07) is 6.04. The molecule has 4 fully saturated rings. The van der Waals surface area contributed by atoms with Crippen LogP contribution in [0.4, 0.5) is 25.8 Å². The molecule has 1 aromatic carbocycles. The Kier molecular flexibility index (Phi) is 9.56. The van der Waals surface area contributed by atoms with Crippen molar-refractivity contribution < 1.29 is 48.0 Å². The van der Waals surface area contributed by atoms with E-state index in [1.54, 1.807) is 12.1 Å². The molecule has 0 heterocycles.